The number of methoxy groups -OCH3 is 1. The highest BCUT2D eigenvalue weighted by molar-refractivity contribution is 7.91. The average molecular weight is 458 g/mol. The molecule has 2 aromatic rings. The van der Waals surface area contributed by atoms with E-state index in [9.17, 15) is 13.2 Å². The summed E-state index contributed by atoms with van der Waals surface area (Å²) in [6, 6.07) is 14.3. The van der Waals surface area contributed by atoms with Gasteiger partial charge in [-0.25, -0.2) is 8.42 Å². The zero-order valence-corrected chi connectivity index (χ0v) is 20.2. The lowest BCUT2D eigenvalue weighted by molar-refractivity contribution is -0.142. The van der Waals surface area contributed by atoms with E-state index < -0.39 is 20.7 Å². The fourth-order valence-electron chi connectivity index (χ4n) is 3.91. The van der Waals surface area contributed by atoms with Crippen molar-refractivity contribution in [3.05, 3.63) is 59.7 Å². The molecule has 1 heterocycles. The van der Waals surface area contributed by atoms with Crippen LogP contribution in [0.2, 0.25) is 0 Å². The first-order valence-corrected chi connectivity index (χ1v) is 12.2. The van der Waals surface area contributed by atoms with Crippen molar-refractivity contribution in [3.8, 4) is 16.9 Å². The van der Waals surface area contributed by atoms with Crippen molar-refractivity contribution in [2.75, 3.05) is 26.8 Å². The molecule has 0 saturated carbocycles. The number of carbonyl (C=O) groups is 1. The molecule has 1 aliphatic rings. The molecule has 0 radical (unpaired) electrons. The Bertz CT molecular complexity index is 1130. The van der Waals surface area contributed by atoms with Crippen LogP contribution in [0.4, 0.5) is 0 Å². The van der Waals surface area contributed by atoms with Gasteiger partial charge in [0, 0.05) is 13.1 Å². The zero-order valence-electron chi connectivity index (χ0n) is 19.3. The van der Waals surface area contributed by atoms with E-state index in [2.05, 4.69) is 31.2 Å². The van der Waals surface area contributed by atoms with E-state index >= 15 is 0 Å². The molecule has 0 spiro atoms. The summed E-state index contributed by atoms with van der Waals surface area (Å²) in [6.07, 6.45) is 2.51. The minimum Gasteiger partial charge on any atom is -0.494 e. The van der Waals surface area contributed by atoms with Gasteiger partial charge in [-0.3, -0.25) is 4.79 Å². The predicted octanol–water partition coefficient (Wildman–Crippen LogP) is 4.43. The Morgan fingerprint density at radius 2 is 1.88 bits per heavy atom. The van der Waals surface area contributed by atoms with Crippen molar-refractivity contribution in [1.29, 1.82) is 0 Å². The van der Waals surface area contributed by atoms with E-state index in [0.29, 0.717) is 19.6 Å². The summed E-state index contributed by atoms with van der Waals surface area (Å²) in [5, 5.41) is 0. The number of benzene rings is 2. The van der Waals surface area contributed by atoms with Crippen molar-refractivity contribution in [2.24, 2.45) is 0 Å². The Morgan fingerprint density at radius 1 is 1.12 bits per heavy atom. The summed E-state index contributed by atoms with van der Waals surface area (Å²) in [5.41, 5.74) is 5.55. The minimum atomic E-state index is -3.84. The highest BCUT2D eigenvalue weighted by Crippen LogP contribution is 2.32. The van der Waals surface area contributed by atoms with Gasteiger partial charge >= 0.3 is 5.97 Å². The maximum Gasteiger partial charge on any atom is 0.328 e. The monoisotopic (exact) mass is 457 g/mol. The topological polar surface area (TPSA) is 72.9 Å². The maximum absolute atomic E-state index is 13.0. The van der Waals surface area contributed by atoms with Crippen molar-refractivity contribution in [2.45, 2.75) is 38.9 Å². The summed E-state index contributed by atoms with van der Waals surface area (Å²) in [7, 11) is -2.63. The van der Waals surface area contributed by atoms with Crippen LogP contribution in [0, 0.1) is 6.92 Å². The third kappa shape index (κ3) is 4.59. The van der Waals surface area contributed by atoms with Crippen LogP contribution in [0.25, 0.3) is 16.7 Å². The molecule has 3 rings (SSSR count). The molecule has 1 aliphatic heterocycles. The number of esters is 1. The summed E-state index contributed by atoms with van der Waals surface area (Å²) in [5.74, 6) is 0.0894. The van der Waals surface area contributed by atoms with Crippen molar-refractivity contribution in [3.63, 3.8) is 0 Å². The summed E-state index contributed by atoms with van der Waals surface area (Å²) >= 11 is 0. The fraction of sp³-hybridized carbons (Fsp3) is 0.400. The van der Waals surface area contributed by atoms with Crippen LogP contribution in [-0.4, -0.2) is 50.2 Å². The Labute approximate surface area is 190 Å². The molecule has 0 unspecified atom stereocenters. The Balaban J connectivity index is 1.81. The number of ether oxygens (including phenoxy) is 2. The van der Waals surface area contributed by atoms with Gasteiger partial charge in [0.1, 0.15) is 5.75 Å². The van der Waals surface area contributed by atoms with Crippen molar-refractivity contribution >= 4 is 21.6 Å². The number of nitrogens with zero attached hydrogens (tertiary/aromatic N) is 1. The van der Waals surface area contributed by atoms with Crippen LogP contribution in [0.3, 0.4) is 0 Å². The highest BCUT2D eigenvalue weighted by Gasteiger charge is 2.46. The van der Waals surface area contributed by atoms with E-state index in [1.165, 1.54) is 25.3 Å². The third-order valence-corrected chi connectivity index (χ3v) is 8.35. The number of hydrogen-bond donors (Lipinski definition) is 0. The molecule has 6 nitrogen and oxygen atoms in total. The minimum absolute atomic E-state index is 0.231. The Kier molecular flexibility index (Phi) is 7.10. The molecule has 0 fully saturated rings. The van der Waals surface area contributed by atoms with Gasteiger partial charge in [-0.1, -0.05) is 36.4 Å². The lowest BCUT2D eigenvalue weighted by Crippen LogP contribution is -2.51. The van der Waals surface area contributed by atoms with Gasteiger partial charge in [-0.2, -0.15) is 4.31 Å². The van der Waals surface area contributed by atoms with Gasteiger partial charge in [0.15, 0.2) is 4.75 Å². The number of hydrogen-bond acceptors (Lipinski definition) is 5. The van der Waals surface area contributed by atoms with Crippen molar-refractivity contribution < 1.29 is 22.7 Å². The van der Waals surface area contributed by atoms with Gasteiger partial charge in [-0.15, -0.1) is 0 Å². The normalized spacial score (nSPS) is 15.2. The van der Waals surface area contributed by atoms with Gasteiger partial charge < -0.3 is 9.47 Å². The molecule has 0 aromatic heterocycles. The second kappa shape index (κ2) is 9.46. The summed E-state index contributed by atoms with van der Waals surface area (Å²) < 4.78 is 36.0. The number of sulfonamides is 1. The van der Waals surface area contributed by atoms with Crippen molar-refractivity contribution in [1.82, 2.24) is 4.31 Å². The van der Waals surface area contributed by atoms with Crippen LogP contribution in [0.15, 0.2) is 48.5 Å². The van der Waals surface area contributed by atoms with Gasteiger partial charge in [0.25, 0.3) is 0 Å². The van der Waals surface area contributed by atoms with Crippen LogP contribution in [-0.2, 0) is 19.6 Å². The second-order valence-corrected chi connectivity index (χ2v) is 10.8. The molecular weight excluding hydrogens is 426 g/mol. The summed E-state index contributed by atoms with van der Waals surface area (Å²) in [6.45, 7) is 7.99. The van der Waals surface area contributed by atoms with Crippen LogP contribution < -0.4 is 4.74 Å². The van der Waals surface area contributed by atoms with E-state index in [1.54, 1.807) is 0 Å². The lowest BCUT2D eigenvalue weighted by Gasteiger charge is -2.32. The third-order valence-electron chi connectivity index (χ3n) is 5.89. The average Bonchev–Trinajstić information content (AvgIpc) is 2.78. The molecule has 7 heteroatoms. The highest BCUT2D eigenvalue weighted by atomic mass is 32.2. The van der Waals surface area contributed by atoms with E-state index in [0.717, 1.165) is 33.6 Å². The lowest BCUT2D eigenvalue weighted by atomic mass is 9.93. The molecule has 0 N–H and O–H groups in total. The Morgan fingerprint density at radius 3 is 2.47 bits per heavy atom. The largest absolute Gasteiger partial charge is 0.494 e. The van der Waals surface area contributed by atoms with E-state index in [1.807, 2.05) is 31.2 Å². The van der Waals surface area contributed by atoms with E-state index in [4.69, 9.17) is 9.47 Å². The number of aryl methyl sites for hydroxylation is 1. The molecule has 0 saturated heterocycles. The van der Waals surface area contributed by atoms with Crippen LogP contribution in [0.1, 0.15) is 38.3 Å². The van der Waals surface area contributed by atoms with E-state index in [-0.39, 0.29) is 6.54 Å². The smallest absolute Gasteiger partial charge is 0.328 e. The standard InChI is InChI=1S/C25H31NO5S/c1-6-31-22-9-7-8-21(17-22)23-11-10-20(16-18(23)2)19-12-14-26(15-13-19)32(28,29)25(3,4)24(27)30-5/h7-12,16-17H,6,13-15H2,1-5H3. The first kappa shape index (κ1) is 24.0. The van der Waals surface area contributed by atoms with Gasteiger partial charge in [-0.05, 0) is 74.1 Å². The molecule has 0 atom stereocenters. The first-order chi connectivity index (χ1) is 15.1. The van der Waals surface area contributed by atoms with Gasteiger partial charge in [0.05, 0.1) is 13.7 Å². The Hall–Kier alpha value is -2.64. The first-order valence-electron chi connectivity index (χ1n) is 10.7. The fourth-order valence-corrected chi connectivity index (χ4v) is 5.45. The second-order valence-electron chi connectivity index (χ2n) is 8.33. The molecule has 2 aromatic carbocycles. The number of carbonyl (C=O) groups excluding carboxylic acids is 1. The quantitative estimate of drug-likeness (QED) is 0.575. The molecule has 0 amide bonds. The molecule has 32 heavy (non-hydrogen) atoms. The molecule has 0 bridgehead atoms. The molecule has 172 valence electrons. The SMILES string of the molecule is CCOc1cccc(-c2ccc(C3=CCN(S(=O)(=O)C(C)(C)C(=O)OC)CC3)cc2C)c1. The molecular formula is C25H31NO5S. The number of rotatable bonds is 7. The predicted molar refractivity (Wildman–Crippen MR) is 127 cm³/mol. The summed E-state index contributed by atoms with van der Waals surface area (Å²) in [4.78, 5) is 12.0. The molecule has 0 aliphatic carbocycles. The van der Waals surface area contributed by atoms with Crippen LogP contribution in [0.5, 0.6) is 5.75 Å². The van der Waals surface area contributed by atoms with Crippen LogP contribution >= 0.6 is 0 Å². The van der Waals surface area contributed by atoms with Gasteiger partial charge in [0.2, 0.25) is 10.0 Å². The zero-order chi connectivity index (χ0) is 23.5. The maximum atomic E-state index is 13.0.